The average Bonchev–Trinajstić information content (AvgIpc) is 2.17. The van der Waals surface area contributed by atoms with Gasteiger partial charge >= 0.3 is 5.97 Å². The number of carbonyl (C=O) groups is 1. The number of carboxylic acids is 1. The summed E-state index contributed by atoms with van der Waals surface area (Å²) in [5.74, 6) is -1.35. The molecule has 0 aliphatic heterocycles. The fraction of sp³-hybridized carbons (Fsp3) is 0.444. The van der Waals surface area contributed by atoms with Gasteiger partial charge in [0, 0.05) is 24.5 Å². The van der Waals surface area contributed by atoms with Crippen LogP contribution in [0.15, 0.2) is 18.6 Å². The van der Waals surface area contributed by atoms with E-state index in [1.807, 2.05) is 6.92 Å². The van der Waals surface area contributed by atoms with Crippen molar-refractivity contribution >= 4 is 5.97 Å². The van der Waals surface area contributed by atoms with Crippen LogP contribution in [-0.4, -0.2) is 21.0 Å². The van der Waals surface area contributed by atoms with Crippen molar-refractivity contribution in [1.82, 2.24) is 9.97 Å². The van der Waals surface area contributed by atoms with E-state index < -0.39 is 11.9 Å². The summed E-state index contributed by atoms with van der Waals surface area (Å²) < 4.78 is 0. The standard InChI is InChI=1S/C9H12N2O2/c1-6(7(2)9(12)13)8-5-10-3-4-11-8/h3-7H,1-2H3,(H,12,13). The van der Waals surface area contributed by atoms with Gasteiger partial charge in [-0.3, -0.25) is 14.8 Å². The average molecular weight is 180 g/mol. The van der Waals surface area contributed by atoms with Crippen LogP contribution in [0.5, 0.6) is 0 Å². The van der Waals surface area contributed by atoms with E-state index in [9.17, 15) is 4.79 Å². The van der Waals surface area contributed by atoms with Crippen molar-refractivity contribution < 1.29 is 9.90 Å². The van der Waals surface area contributed by atoms with Gasteiger partial charge in [0.15, 0.2) is 0 Å². The molecule has 2 atom stereocenters. The highest BCUT2D eigenvalue weighted by Gasteiger charge is 2.21. The van der Waals surface area contributed by atoms with Gasteiger partial charge in [-0.2, -0.15) is 0 Å². The zero-order valence-electron chi connectivity index (χ0n) is 7.64. The fourth-order valence-corrected chi connectivity index (χ4v) is 1.02. The molecule has 0 aromatic carbocycles. The van der Waals surface area contributed by atoms with Crippen molar-refractivity contribution in [1.29, 1.82) is 0 Å². The van der Waals surface area contributed by atoms with Crippen LogP contribution >= 0.6 is 0 Å². The van der Waals surface area contributed by atoms with E-state index in [0.29, 0.717) is 0 Å². The summed E-state index contributed by atoms with van der Waals surface area (Å²) >= 11 is 0. The second-order valence-electron chi connectivity index (χ2n) is 3.05. The van der Waals surface area contributed by atoms with E-state index in [4.69, 9.17) is 5.11 Å². The first-order chi connectivity index (χ1) is 6.13. The lowest BCUT2D eigenvalue weighted by Crippen LogP contribution is -2.17. The minimum atomic E-state index is -0.807. The van der Waals surface area contributed by atoms with Crippen LogP contribution in [0.4, 0.5) is 0 Å². The van der Waals surface area contributed by atoms with Crippen LogP contribution in [-0.2, 0) is 4.79 Å². The van der Waals surface area contributed by atoms with Gasteiger partial charge in [-0.05, 0) is 0 Å². The molecular formula is C9H12N2O2. The topological polar surface area (TPSA) is 63.1 Å². The molecule has 1 N–H and O–H groups in total. The number of carboxylic acid groups (broad SMARTS) is 1. The predicted molar refractivity (Wildman–Crippen MR) is 47.2 cm³/mol. The number of aromatic nitrogens is 2. The molecule has 1 heterocycles. The maximum atomic E-state index is 10.7. The smallest absolute Gasteiger partial charge is 0.306 e. The van der Waals surface area contributed by atoms with Crippen molar-refractivity contribution in [3.05, 3.63) is 24.3 Å². The zero-order valence-corrected chi connectivity index (χ0v) is 7.64. The zero-order chi connectivity index (χ0) is 9.84. The molecule has 0 aliphatic carbocycles. The van der Waals surface area contributed by atoms with Gasteiger partial charge in [-0.25, -0.2) is 0 Å². The van der Waals surface area contributed by atoms with Crippen molar-refractivity contribution in [3.63, 3.8) is 0 Å². The first-order valence-electron chi connectivity index (χ1n) is 4.11. The minimum Gasteiger partial charge on any atom is -0.481 e. The monoisotopic (exact) mass is 180 g/mol. The van der Waals surface area contributed by atoms with Crippen LogP contribution in [0.2, 0.25) is 0 Å². The highest BCUT2D eigenvalue weighted by atomic mass is 16.4. The van der Waals surface area contributed by atoms with Gasteiger partial charge in [-0.1, -0.05) is 13.8 Å². The van der Waals surface area contributed by atoms with Gasteiger partial charge in [-0.15, -0.1) is 0 Å². The van der Waals surface area contributed by atoms with Gasteiger partial charge in [0.2, 0.25) is 0 Å². The molecule has 0 aliphatic rings. The Morgan fingerprint density at radius 1 is 1.46 bits per heavy atom. The van der Waals surface area contributed by atoms with Crippen molar-refractivity contribution in [2.75, 3.05) is 0 Å². The normalized spacial score (nSPS) is 14.9. The third-order valence-corrected chi connectivity index (χ3v) is 2.19. The van der Waals surface area contributed by atoms with E-state index in [1.165, 1.54) is 0 Å². The van der Waals surface area contributed by atoms with E-state index >= 15 is 0 Å². The molecule has 0 bridgehead atoms. The van der Waals surface area contributed by atoms with Crippen molar-refractivity contribution in [2.24, 2.45) is 5.92 Å². The Bertz CT molecular complexity index is 287. The Morgan fingerprint density at radius 3 is 2.62 bits per heavy atom. The first kappa shape index (κ1) is 9.64. The lowest BCUT2D eigenvalue weighted by Gasteiger charge is -2.14. The highest BCUT2D eigenvalue weighted by Crippen LogP contribution is 2.21. The molecule has 0 spiro atoms. The van der Waals surface area contributed by atoms with Crippen LogP contribution in [0.3, 0.4) is 0 Å². The van der Waals surface area contributed by atoms with E-state index in [2.05, 4.69) is 9.97 Å². The molecule has 2 unspecified atom stereocenters. The molecular weight excluding hydrogens is 168 g/mol. The molecule has 70 valence electrons. The molecule has 0 saturated heterocycles. The third-order valence-electron chi connectivity index (χ3n) is 2.19. The summed E-state index contributed by atoms with van der Waals surface area (Å²) in [6.07, 6.45) is 4.74. The van der Waals surface area contributed by atoms with Gasteiger partial charge < -0.3 is 5.11 Å². The predicted octanol–water partition coefficient (Wildman–Crippen LogP) is 1.30. The number of nitrogens with zero attached hydrogens (tertiary/aromatic N) is 2. The molecule has 4 nitrogen and oxygen atoms in total. The van der Waals surface area contributed by atoms with E-state index in [0.717, 1.165) is 5.69 Å². The van der Waals surface area contributed by atoms with Gasteiger partial charge in [0.1, 0.15) is 0 Å². The van der Waals surface area contributed by atoms with E-state index in [1.54, 1.807) is 25.5 Å². The summed E-state index contributed by atoms with van der Waals surface area (Å²) in [5.41, 5.74) is 0.720. The lowest BCUT2D eigenvalue weighted by atomic mass is 9.93. The van der Waals surface area contributed by atoms with E-state index in [-0.39, 0.29) is 5.92 Å². The maximum Gasteiger partial charge on any atom is 0.306 e. The van der Waals surface area contributed by atoms with Crippen LogP contribution in [0.1, 0.15) is 25.5 Å². The largest absolute Gasteiger partial charge is 0.481 e. The highest BCUT2D eigenvalue weighted by molar-refractivity contribution is 5.70. The molecule has 1 rings (SSSR count). The Hall–Kier alpha value is -1.45. The summed E-state index contributed by atoms with van der Waals surface area (Å²) in [4.78, 5) is 18.6. The second kappa shape index (κ2) is 3.98. The quantitative estimate of drug-likeness (QED) is 0.761. The molecule has 1 aromatic heterocycles. The molecule has 0 amide bonds. The number of hydrogen-bond donors (Lipinski definition) is 1. The first-order valence-corrected chi connectivity index (χ1v) is 4.11. The second-order valence-corrected chi connectivity index (χ2v) is 3.05. The van der Waals surface area contributed by atoms with Crippen molar-refractivity contribution in [3.8, 4) is 0 Å². The Morgan fingerprint density at radius 2 is 2.15 bits per heavy atom. The summed E-state index contributed by atoms with van der Waals surface area (Å²) in [5, 5.41) is 8.77. The number of rotatable bonds is 3. The number of aliphatic carboxylic acids is 1. The van der Waals surface area contributed by atoms with Gasteiger partial charge in [0.25, 0.3) is 0 Å². The van der Waals surface area contributed by atoms with Crippen LogP contribution in [0.25, 0.3) is 0 Å². The molecule has 4 heteroatoms. The molecule has 0 radical (unpaired) electrons. The molecule has 0 fully saturated rings. The molecule has 1 aromatic rings. The van der Waals surface area contributed by atoms with Crippen LogP contribution < -0.4 is 0 Å². The Kier molecular flexibility index (Phi) is 2.95. The third kappa shape index (κ3) is 2.24. The number of hydrogen-bond acceptors (Lipinski definition) is 3. The Labute approximate surface area is 76.7 Å². The lowest BCUT2D eigenvalue weighted by molar-refractivity contribution is -0.141. The van der Waals surface area contributed by atoms with Crippen molar-refractivity contribution in [2.45, 2.75) is 19.8 Å². The SMILES string of the molecule is CC(C(=O)O)C(C)c1cnccn1. The summed E-state index contributed by atoms with van der Waals surface area (Å²) in [6, 6.07) is 0. The fourth-order valence-electron chi connectivity index (χ4n) is 1.02. The minimum absolute atomic E-state index is 0.105. The summed E-state index contributed by atoms with van der Waals surface area (Å²) in [7, 11) is 0. The summed E-state index contributed by atoms with van der Waals surface area (Å²) in [6.45, 7) is 3.50. The molecule has 13 heavy (non-hydrogen) atoms. The Balaban J connectivity index is 2.79. The molecule has 0 saturated carbocycles. The van der Waals surface area contributed by atoms with Crippen LogP contribution in [0, 0.1) is 5.92 Å². The van der Waals surface area contributed by atoms with Gasteiger partial charge in [0.05, 0.1) is 11.6 Å². The maximum absolute atomic E-state index is 10.7.